The van der Waals surface area contributed by atoms with Crippen molar-refractivity contribution in [1.82, 2.24) is 0 Å². The summed E-state index contributed by atoms with van der Waals surface area (Å²) >= 11 is 0. The highest BCUT2D eigenvalue weighted by Gasteiger charge is 2.18. The second kappa shape index (κ2) is 3.78. The molecular weight excluding hydrogens is 241 g/mol. The van der Waals surface area contributed by atoms with Crippen LogP contribution in [0.2, 0.25) is 0 Å². The van der Waals surface area contributed by atoms with Crippen molar-refractivity contribution >= 4 is 19.7 Å². The Morgan fingerprint density at radius 3 is 2.29 bits per heavy atom. The molecule has 2 nitrogen and oxygen atoms in total. The summed E-state index contributed by atoms with van der Waals surface area (Å²) in [6, 6.07) is 1.97. The van der Waals surface area contributed by atoms with Crippen LogP contribution in [0.4, 0.5) is 13.2 Å². The van der Waals surface area contributed by atoms with Crippen molar-refractivity contribution in [3.63, 3.8) is 0 Å². The number of alkyl halides is 2. The van der Waals surface area contributed by atoms with Crippen LogP contribution >= 0.6 is 10.7 Å². The third-order valence-electron chi connectivity index (χ3n) is 1.48. The fraction of sp³-hybridized carbons (Fsp3) is 0.143. The van der Waals surface area contributed by atoms with Gasteiger partial charge in [-0.1, -0.05) is 0 Å². The molecule has 1 aromatic rings. The van der Waals surface area contributed by atoms with Gasteiger partial charge in [-0.15, -0.1) is 0 Å². The molecule has 0 saturated carbocycles. The highest BCUT2D eigenvalue weighted by Crippen LogP contribution is 2.26. The summed E-state index contributed by atoms with van der Waals surface area (Å²) in [6.45, 7) is 0. The Kier molecular flexibility index (Phi) is 3.06. The molecule has 7 heteroatoms. The van der Waals surface area contributed by atoms with Crippen molar-refractivity contribution in [2.24, 2.45) is 0 Å². The molecule has 0 radical (unpaired) electrons. The molecule has 0 aliphatic carbocycles. The molecular formula is C7H4ClF3O2S. The minimum absolute atomic E-state index is 0.516. The van der Waals surface area contributed by atoms with E-state index in [1.807, 2.05) is 0 Å². The number of hydrogen-bond donors (Lipinski definition) is 0. The van der Waals surface area contributed by atoms with Gasteiger partial charge in [0, 0.05) is 10.7 Å². The molecule has 0 saturated heterocycles. The Balaban J connectivity index is 3.34. The van der Waals surface area contributed by atoms with E-state index >= 15 is 0 Å². The topological polar surface area (TPSA) is 34.1 Å². The maximum Gasteiger partial charge on any atom is 0.266 e. The lowest BCUT2D eigenvalue weighted by Gasteiger charge is -2.03. The van der Waals surface area contributed by atoms with Crippen LogP contribution in [0.5, 0.6) is 0 Å². The summed E-state index contributed by atoms with van der Waals surface area (Å²) in [5, 5.41) is 0. The first-order chi connectivity index (χ1) is 6.32. The zero-order chi connectivity index (χ0) is 10.9. The monoisotopic (exact) mass is 244 g/mol. The Labute approximate surface area is 82.7 Å². The van der Waals surface area contributed by atoms with E-state index in [2.05, 4.69) is 0 Å². The SMILES string of the molecule is O=S(=O)(Cl)c1ccc(F)c(C(F)F)c1. The molecule has 0 heterocycles. The highest BCUT2D eigenvalue weighted by molar-refractivity contribution is 8.13. The lowest BCUT2D eigenvalue weighted by Crippen LogP contribution is -1.96. The van der Waals surface area contributed by atoms with Crippen molar-refractivity contribution in [1.29, 1.82) is 0 Å². The zero-order valence-corrected chi connectivity index (χ0v) is 8.12. The quantitative estimate of drug-likeness (QED) is 0.750. The van der Waals surface area contributed by atoms with E-state index < -0.39 is 31.8 Å². The Bertz CT molecular complexity index is 444. The Hall–Kier alpha value is -0.750. The first kappa shape index (κ1) is 11.3. The summed E-state index contributed by atoms with van der Waals surface area (Å²) in [5.41, 5.74) is -0.980. The minimum atomic E-state index is -4.10. The molecule has 0 amide bonds. The zero-order valence-electron chi connectivity index (χ0n) is 6.55. The lowest BCUT2D eigenvalue weighted by molar-refractivity contribution is 0.146. The van der Waals surface area contributed by atoms with E-state index in [9.17, 15) is 21.6 Å². The van der Waals surface area contributed by atoms with Gasteiger partial charge in [0.05, 0.1) is 10.5 Å². The van der Waals surface area contributed by atoms with Gasteiger partial charge in [-0.25, -0.2) is 21.6 Å². The predicted molar refractivity (Wildman–Crippen MR) is 44.4 cm³/mol. The third kappa shape index (κ3) is 2.39. The molecule has 0 aliphatic rings. The molecule has 0 unspecified atom stereocenters. The summed E-state index contributed by atoms with van der Waals surface area (Å²) in [5.74, 6) is -1.16. The summed E-state index contributed by atoms with van der Waals surface area (Å²) in [7, 11) is 0.789. The van der Waals surface area contributed by atoms with E-state index in [4.69, 9.17) is 10.7 Å². The van der Waals surface area contributed by atoms with E-state index in [-0.39, 0.29) is 0 Å². The van der Waals surface area contributed by atoms with Crippen LogP contribution in [-0.2, 0) is 9.05 Å². The van der Waals surface area contributed by atoms with Gasteiger partial charge in [0.15, 0.2) is 0 Å². The van der Waals surface area contributed by atoms with Crippen molar-refractivity contribution in [2.45, 2.75) is 11.3 Å². The van der Waals surface area contributed by atoms with Gasteiger partial charge in [-0.2, -0.15) is 0 Å². The molecule has 0 aliphatic heterocycles. The fourth-order valence-electron chi connectivity index (χ4n) is 0.841. The fourth-order valence-corrected chi connectivity index (χ4v) is 1.63. The molecule has 1 rings (SSSR count). The Morgan fingerprint density at radius 1 is 1.29 bits per heavy atom. The van der Waals surface area contributed by atoms with Gasteiger partial charge >= 0.3 is 0 Å². The largest absolute Gasteiger partial charge is 0.266 e. The van der Waals surface area contributed by atoms with Crippen LogP contribution in [0.25, 0.3) is 0 Å². The standard InChI is InChI=1S/C7H4ClF3O2S/c8-14(12,13)4-1-2-6(9)5(3-4)7(10)11/h1-3,7H. The van der Waals surface area contributed by atoms with Gasteiger partial charge in [-0.3, -0.25) is 0 Å². The molecule has 0 aromatic heterocycles. The van der Waals surface area contributed by atoms with Crippen LogP contribution in [0.15, 0.2) is 23.1 Å². The smallest absolute Gasteiger partial charge is 0.207 e. The van der Waals surface area contributed by atoms with Gasteiger partial charge in [0.1, 0.15) is 5.82 Å². The molecule has 0 N–H and O–H groups in total. The molecule has 0 fully saturated rings. The summed E-state index contributed by atoms with van der Waals surface area (Å²) < 4.78 is 58.4. The van der Waals surface area contributed by atoms with Crippen molar-refractivity contribution < 1.29 is 21.6 Å². The van der Waals surface area contributed by atoms with E-state index in [0.717, 1.165) is 6.07 Å². The van der Waals surface area contributed by atoms with Crippen LogP contribution in [-0.4, -0.2) is 8.42 Å². The number of halogens is 4. The minimum Gasteiger partial charge on any atom is -0.207 e. The first-order valence-electron chi connectivity index (χ1n) is 3.34. The average molecular weight is 245 g/mol. The van der Waals surface area contributed by atoms with Gasteiger partial charge in [0.25, 0.3) is 15.5 Å². The molecule has 78 valence electrons. The van der Waals surface area contributed by atoms with Gasteiger partial charge < -0.3 is 0 Å². The van der Waals surface area contributed by atoms with E-state index in [1.165, 1.54) is 0 Å². The van der Waals surface area contributed by atoms with E-state index in [1.54, 1.807) is 0 Å². The summed E-state index contributed by atoms with van der Waals surface area (Å²) in [4.78, 5) is -0.545. The first-order valence-corrected chi connectivity index (χ1v) is 5.65. The van der Waals surface area contributed by atoms with Crippen molar-refractivity contribution in [3.8, 4) is 0 Å². The molecule has 1 aromatic carbocycles. The molecule has 0 spiro atoms. The molecule has 14 heavy (non-hydrogen) atoms. The molecule has 0 bridgehead atoms. The van der Waals surface area contributed by atoms with E-state index in [0.29, 0.717) is 12.1 Å². The lowest BCUT2D eigenvalue weighted by atomic mass is 10.2. The summed E-state index contributed by atoms with van der Waals surface area (Å²) in [6.07, 6.45) is -3.08. The maximum absolute atomic E-state index is 12.7. The second-order valence-corrected chi connectivity index (χ2v) is 4.99. The van der Waals surface area contributed by atoms with Crippen LogP contribution in [0.3, 0.4) is 0 Å². The van der Waals surface area contributed by atoms with Crippen molar-refractivity contribution in [2.75, 3.05) is 0 Å². The number of benzene rings is 1. The number of hydrogen-bond acceptors (Lipinski definition) is 2. The third-order valence-corrected chi connectivity index (χ3v) is 2.84. The number of rotatable bonds is 2. The van der Waals surface area contributed by atoms with Crippen molar-refractivity contribution in [3.05, 3.63) is 29.6 Å². The Morgan fingerprint density at radius 2 is 1.86 bits per heavy atom. The normalized spacial score (nSPS) is 12.1. The average Bonchev–Trinajstić information content (AvgIpc) is 2.02. The molecule has 0 atom stereocenters. The van der Waals surface area contributed by atoms with Gasteiger partial charge in [0.2, 0.25) is 0 Å². The second-order valence-electron chi connectivity index (χ2n) is 2.42. The highest BCUT2D eigenvalue weighted by atomic mass is 35.7. The van der Waals surface area contributed by atoms with Crippen LogP contribution in [0, 0.1) is 5.82 Å². The van der Waals surface area contributed by atoms with Crippen LogP contribution in [0.1, 0.15) is 12.0 Å². The maximum atomic E-state index is 12.7. The van der Waals surface area contributed by atoms with Gasteiger partial charge in [-0.05, 0) is 18.2 Å². The predicted octanol–water partition coefficient (Wildman–Crippen LogP) is 2.69. The van der Waals surface area contributed by atoms with Crippen LogP contribution < -0.4 is 0 Å².